The number of aromatic nitrogens is 1. The van der Waals surface area contributed by atoms with Gasteiger partial charge in [0, 0.05) is 0 Å². The molecule has 3 aromatic rings. The van der Waals surface area contributed by atoms with Gasteiger partial charge in [-0.1, -0.05) is 23.5 Å². The smallest absolute Gasteiger partial charge is 0.338 e. The Bertz CT molecular complexity index is 1520. The largest absolute Gasteiger partial charge is 0.506 e. The molecule has 0 unspecified atom stereocenters. The van der Waals surface area contributed by atoms with E-state index >= 15 is 0 Å². The van der Waals surface area contributed by atoms with Crippen molar-refractivity contribution in [1.29, 1.82) is 0 Å². The van der Waals surface area contributed by atoms with Crippen LogP contribution >= 0.6 is 49.9 Å². The number of rotatable bonds is 6. The van der Waals surface area contributed by atoms with Crippen LogP contribution in [0.3, 0.4) is 0 Å². The Morgan fingerprint density at radius 1 is 1.31 bits per heavy atom. The fraction of sp³-hybridized carbons (Fsp3) is 0.269. The van der Waals surface area contributed by atoms with Gasteiger partial charge in [-0.15, -0.1) is 0 Å². The maximum atomic E-state index is 13.7. The van der Waals surface area contributed by atoms with Crippen molar-refractivity contribution in [2.75, 3.05) is 6.61 Å². The number of fused-ring (bicyclic) bond motifs is 1. The zero-order valence-electron chi connectivity index (χ0n) is 20.0. The molecule has 2 aromatic carbocycles. The molecular formula is C26H24BrIN2O5S. The van der Waals surface area contributed by atoms with Crippen LogP contribution in [0.25, 0.3) is 6.08 Å². The van der Waals surface area contributed by atoms with Crippen LogP contribution < -0.4 is 19.6 Å². The Hall–Kier alpha value is -2.44. The molecule has 188 valence electrons. The first kappa shape index (κ1) is 26.6. The van der Waals surface area contributed by atoms with Crippen molar-refractivity contribution in [1.82, 2.24) is 4.57 Å². The lowest BCUT2D eigenvalue weighted by atomic mass is 9.96. The summed E-state index contributed by atoms with van der Waals surface area (Å²) in [4.78, 5) is 32.0. The van der Waals surface area contributed by atoms with Crippen molar-refractivity contribution >= 4 is 61.9 Å². The summed E-state index contributed by atoms with van der Waals surface area (Å²) < 4.78 is 14.3. The molecule has 1 atom stereocenters. The first-order chi connectivity index (χ1) is 17.1. The van der Waals surface area contributed by atoms with Crippen LogP contribution in [0.4, 0.5) is 0 Å². The van der Waals surface area contributed by atoms with Crippen molar-refractivity contribution in [3.8, 4) is 11.5 Å². The van der Waals surface area contributed by atoms with Crippen molar-refractivity contribution in [3.63, 3.8) is 0 Å². The van der Waals surface area contributed by atoms with Gasteiger partial charge in [-0.05, 0) is 108 Å². The second kappa shape index (κ2) is 10.9. The molecule has 1 aromatic heterocycles. The number of allylic oxidation sites excluding steroid dienone is 1. The normalized spacial score (nSPS) is 15.6. The van der Waals surface area contributed by atoms with Crippen LogP contribution in [0.15, 0.2) is 61.9 Å². The molecule has 1 aliphatic heterocycles. The third-order valence-electron chi connectivity index (χ3n) is 5.43. The number of thiazole rings is 1. The highest BCUT2D eigenvalue weighted by atomic mass is 127. The van der Waals surface area contributed by atoms with E-state index in [0.29, 0.717) is 41.0 Å². The average Bonchev–Trinajstić information content (AvgIpc) is 3.11. The van der Waals surface area contributed by atoms with Crippen LogP contribution in [0, 0.1) is 3.57 Å². The number of hydrogen-bond acceptors (Lipinski definition) is 7. The molecule has 1 aliphatic rings. The minimum Gasteiger partial charge on any atom is -0.506 e. The van der Waals surface area contributed by atoms with E-state index in [1.165, 1.54) is 11.3 Å². The summed E-state index contributed by atoms with van der Waals surface area (Å²) in [5, 5.41) is 10.1. The van der Waals surface area contributed by atoms with Crippen LogP contribution in [0.2, 0.25) is 0 Å². The standard InChI is InChI=1S/C26H24BrIN2O5S/c1-5-34-17-8-6-16(7-9-17)22-21(25(33)35-13(2)3)14(4)29-26-30(22)24(32)20(36-26)12-15-10-18(27)23(31)19(28)11-15/h6-13,22,31H,5H2,1-4H3/b20-12+/t22-/m0/s1. The van der Waals surface area contributed by atoms with Gasteiger partial charge in [-0.2, -0.15) is 0 Å². The summed E-state index contributed by atoms with van der Waals surface area (Å²) in [7, 11) is 0. The number of phenols is 1. The van der Waals surface area contributed by atoms with Crippen LogP contribution in [-0.4, -0.2) is 28.4 Å². The van der Waals surface area contributed by atoms with E-state index in [-0.39, 0.29) is 17.4 Å². The second-order valence-electron chi connectivity index (χ2n) is 8.37. The quantitative estimate of drug-likeness (QED) is 0.302. The molecule has 7 nitrogen and oxygen atoms in total. The monoisotopic (exact) mass is 682 g/mol. The summed E-state index contributed by atoms with van der Waals surface area (Å²) in [6.07, 6.45) is 1.44. The van der Waals surface area contributed by atoms with Gasteiger partial charge < -0.3 is 14.6 Å². The molecular weight excluding hydrogens is 659 g/mol. The number of carbonyl (C=O) groups is 1. The number of aromatic hydroxyl groups is 1. The van der Waals surface area contributed by atoms with Gasteiger partial charge in [0.25, 0.3) is 5.56 Å². The highest BCUT2D eigenvalue weighted by molar-refractivity contribution is 14.1. The van der Waals surface area contributed by atoms with Gasteiger partial charge in [0.1, 0.15) is 11.5 Å². The first-order valence-electron chi connectivity index (χ1n) is 11.2. The Labute approximate surface area is 234 Å². The van der Waals surface area contributed by atoms with Crippen LogP contribution in [-0.2, 0) is 9.53 Å². The molecule has 2 heterocycles. The van der Waals surface area contributed by atoms with E-state index in [4.69, 9.17) is 9.47 Å². The van der Waals surface area contributed by atoms with Gasteiger partial charge in [-0.3, -0.25) is 9.36 Å². The lowest BCUT2D eigenvalue weighted by Crippen LogP contribution is -2.40. The van der Waals surface area contributed by atoms with E-state index in [2.05, 4.69) is 20.9 Å². The van der Waals surface area contributed by atoms with E-state index in [1.54, 1.807) is 43.5 Å². The highest BCUT2D eigenvalue weighted by Crippen LogP contribution is 2.33. The molecule has 0 saturated heterocycles. The van der Waals surface area contributed by atoms with E-state index in [9.17, 15) is 14.7 Å². The highest BCUT2D eigenvalue weighted by Gasteiger charge is 2.33. The SMILES string of the molecule is CCOc1ccc([C@H]2C(C(=O)OC(C)C)=C(C)N=c3s/c(=C/c4cc(Br)c(O)c(I)c4)c(=O)n32)cc1. The maximum absolute atomic E-state index is 13.7. The average molecular weight is 683 g/mol. The van der Waals surface area contributed by atoms with Crippen molar-refractivity contribution in [2.24, 2.45) is 4.99 Å². The van der Waals surface area contributed by atoms with Crippen molar-refractivity contribution in [2.45, 2.75) is 39.8 Å². The zero-order chi connectivity index (χ0) is 26.1. The summed E-state index contributed by atoms with van der Waals surface area (Å²) >= 11 is 6.64. The zero-order valence-corrected chi connectivity index (χ0v) is 24.6. The summed E-state index contributed by atoms with van der Waals surface area (Å²) in [6.45, 7) is 7.77. The molecule has 1 N–H and O–H groups in total. The van der Waals surface area contributed by atoms with Gasteiger partial charge in [-0.25, -0.2) is 9.79 Å². The molecule has 36 heavy (non-hydrogen) atoms. The Morgan fingerprint density at radius 2 is 2.00 bits per heavy atom. The molecule has 0 fully saturated rings. The van der Waals surface area contributed by atoms with Gasteiger partial charge in [0.2, 0.25) is 0 Å². The maximum Gasteiger partial charge on any atom is 0.338 e. The Kier molecular flexibility index (Phi) is 8.06. The number of benzene rings is 2. The first-order valence-corrected chi connectivity index (χ1v) is 13.9. The number of phenolic OH excluding ortho intramolecular Hbond substituents is 1. The number of carbonyl (C=O) groups excluding carboxylic acids is 1. The fourth-order valence-electron chi connectivity index (χ4n) is 3.91. The predicted octanol–water partition coefficient (Wildman–Crippen LogP) is 4.66. The van der Waals surface area contributed by atoms with E-state index in [1.807, 2.05) is 53.8 Å². The van der Waals surface area contributed by atoms with E-state index < -0.39 is 12.0 Å². The lowest BCUT2D eigenvalue weighted by molar-refractivity contribution is -0.143. The number of hydrogen-bond donors (Lipinski definition) is 1. The molecule has 0 amide bonds. The lowest BCUT2D eigenvalue weighted by Gasteiger charge is -2.25. The summed E-state index contributed by atoms with van der Waals surface area (Å²) in [6, 6.07) is 10.2. The molecule has 10 heteroatoms. The Morgan fingerprint density at radius 3 is 2.61 bits per heavy atom. The third-order valence-corrected chi connectivity index (χ3v) is 7.84. The Balaban J connectivity index is 1.92. The van der Waals surface area contributed by atoms with Crippen LogP contribution in [0.1, 0.15) is 44.9 Å². The topological polar surface area (TPSA) is 90.1 Å². The molecule has 4 rings (SSSR count). The van der Waals surface area contributed by atoms with Crippen molar-refractivity contribution in [3.05, 3.63) is 86.5 Å². The number of ether oxygens (including phenoxy) is 2. The number of nitrogens with zero attached hydrogens (tertiary/aromatic N) is 2. The number of esters is 1. The molecule has 0 radical (unpaired) electrons. The predicted molar refractivity (Wildman–Crippen MR) is 151 cm³/mol. The minimum absolute atomic E-state index is 0.147. The van der Waals surface area contributed by atoms with Crippen LogP contribution in [0.5, 0.6) is 11.5 Å². The molecule has 0 aliphatic carbocycles. The second-order valence-corrected chi connectivity index (χ2v) is 11.4. The van der Waals surface area contributed by atoms with Gasteiger partial charge in [0.15, 0.2) is 4.80 Å². The summed E-state index contributed by atoms with van der Waals surface area (Å²) in [5.74, 6) is 0.346. The minimum atomic E-state index is -0.697. The van der Waals surface area contributed by atoms with Gasteiger partial charge >= 0.3 is 5.97 Å². The molecule has 0 bridgehead atoms. The molecule has 0 spiro atoms. The molecule has 0 saturated carbocycles. The van der Waals surface area contributed by atoms with Crippen molar-refractivity contribution < 1.29 is 19.4 Å². The fourth-order valence-corrected chi connectivity index (χ4v) is 6.45. The van der Waals surface area contributed by atoms with E-state index in [0.717, 1.165) is 11.1 Å². The number of halogens is 2. The van der Waals surface area contributed by atoms with Gasteiger partial charge in [0.05, 0.1) is 42.6 Å². The summed E-state index contributed by atoms with van der Waals surface area (Å²) in [5.41, 5.74) is 2.07. The third kappa shape index (κ3) is 5.30.